The molecule has 1 atom stereocenters. The van der Waals surface area contributed by atoms with Gasteiger partial charge >= 0.3 is 5.97 Å². The maximum Gasteiger partial charge on any atom is 0.336 e. The van der Waals surface area contributed by atoms with Crippen LogP contribution in [0.1, 0.15) is 0 Å². The number of carboxylic acid groups (broad SMARTS) is 1. The summed E-state index contributed by atoms with van der Waals surface area (Å²) in [6, 6.07) is 0. The molecule has 0 bridgehead atoms. The van der Waals surface area contributed by atoms with E-state index in [4.69, 9.17) is 10.2 Å². The quantitative estimate of drug-likeness (QED) is 0.475. The molecule has 0 heterocycles. The molecule has 0 aliphatic rings. The molecule has 0 aliphatic carbocycles. The SMILES string of the molecule is CSC(NC(=O)CO)C(=O)O. The number of aliphatic carboxylic acids is 1. The summed E-state index contributed by atoms with van der Waals surface area (Å²) in [6.07, 6.45) is 1.55. The van der Waals surface area contributed by atoms with Crippen molar-refractivity contribution in [2.75, 3.05) is 12.9 Å². The fourth-order valence-electron chi connectivity index (χ4n) is 0.413. The van der Waals surface area contributed by atoms with Crippen molar-refractivity contribution in [2.45, 2.75) is 5.37 Å². The van der Waals surface area contributed by atoms with Gasteiger partial charge in [-0.25, -0.2) is 4.79 Å². The van der Waals surface area contributed by atoms with Gasteiger partial charge in [0.15, 0.2) is 5.37 Å². The van der Waals surface area contributed by atoms with E-state index in [0.29, 0.717) is 0 Å². The number of carbonyl (C=O) groups is 2. The molecule has 0 saturated heterocycles. The first-order valence-electron chi connectivity index (χ1n) is 2.77. The fourth-order valence-corrected chi connectivity index (χ4v) is 0.864. The number of nitrogens with one attached hydrogen (secondary N) is 1. The van der Waals surface area contributed by atoms with Crippen molar-refractivity contribution in [1.82, 2.24) is 5.32 Å². The Morgan fingerprint density at radius 1 is 1.64 bits per heavy atom. The van der Waals surface area contributed by atoms with E-state index < -0.39 is 23.9 Å². The van der Waals surface area contributed by atoms with Crippen molar-refractivity contribution < 1.29 is 19.8 Å². The largest absolute Gasteiger partial charge is 0.479 e. The highest BCUT2D eigenvalue weighted by Crippen LogP contribution is 2.01. The normalized spacial score (nSPS) is 12.2. The summed E-state index contributed by atoms with van der Waals surface area (Å²) < 4.78 is 0. The van der Waals surface area contributed by atoms with Crippen LogP contribution < -0.4 is 5.32 Å². The summed E-state index contributed by atoms with van der Waals surface area (Å²) in [5.74, 6) is -1.81. The molecule has 0 saturated carbocycles. The minimum absolute atomic E-state index is 0.688. The molecule has 5 nitrogen and oxygen atoms in total. The Hall–Kier alpha value is -0.750. The first kappa shape index (κ1) is 10.2. The van der Waals surface area contributed by atoms with Crippen molar-refractivity contribution in [3.63, 3.8) is 0 Å². The lowest BCUT2D eigenvalue weighted by Crippen LogP contribution is -2.39. The third-order valence-electron chi connectivity index (χ3n) is 0.896. The average molecular weight is 179 g/mol. The van der Waals surface area contributed by atoms with Crippen molar-refractivity contribution >= 4 is 23.6 Å². The number of aliphatic hydroxyl groups excluding tert-OH is 1. The lowest BCUT2D eigenvalue weighted by Gasteiger charge is -2.09. The van der Waals surface area contributed by atoms with Gasteiger partial charge in [-0.3, -0.25) is 4.79 Å². The molecule has 0 aromatic heterocycles. The second-order valence-corrected chi connectivity index (χ2v) is 2.62. The van der Waals surface area contributed by atoms with Crippen LogP contribution in [0, 0.1) is 0 Å². The first-order chi connectivity index (χ1) is 5.11. The molecular weight excluding hydrogens is 170 g/mol. The van der Waals surface area contributed by atoms with Gasteiger partial charge in [-0.1, -0.05) is 0 Å². The monoisotopic (exact) mass is 179 g/mol. The summed E-state index contributed by atoms with van der Waals surface area (Å²) in [6.45, 7) is -0.690. The minimum atomic E-state index is -1.13. The first-order valence-corrected chi connectivity index (χ1v) is 4.06. The Morgan fingerprint density at radius 2 is 2.18 bits per heavy atom. The van der Waals surface area contributed by atoms with Gasteiger partial charge in [0.05, 0.1) is 0 Å². The molecule has 3 N–H and O–H groups in total. The van der Waals surface area contributed by atoms with Gasteiger partial charge in [0.1, 0.15) is 6.61 Å². The third kappa shape index (κ3) is 3.84. The molecule has 64 valence electrons. The van der Waals surface area contributed by atoms with Crippen molar-refractivity contribution in [3.05, 3.63) is 0 Å². The summed E-state index contributed by atoms with van der Waals surface area (Å²) in [4.78, 5) is 20.7. The van der Waals surface area contributed by atoms with Crippen molar-refractivity contribution in [3.8, 4) is 0 Å². The highest BCUT2D eigenvalue weighted by atomic mass is 32.2. The summed E-state index contributed by atoms with van der Waals surface area (Å²) >= 11 is 0.979. The van der Waals surface area contributed by atoms with Crippen LogP contribution in [-0.2, 0) is 9.59 Å². The second-order valence-electron chi connectivity index (χ2n) is 1.68. The fraction of sp³-hybridized carbons (Fsp3) is 0.600. The smallest absolute Gasteiger partial charge is 0.336 e. The maximum absolute atomic E-state index is 10.4. The Bertz CT molecular complexity index is 161. The molecule has 1 unspecified atom stereocenters. The van der Waals surface area contributed by atoms with Crippen LogP contribution in [0.3, 0.4) is 0 Å². The van der Waals surface area contributed by atoms with Crippen molar-refractivity contribution in [1.29, 1.82) is 0 Å². The van der Waals surface area contributed by atoms with Gasteiger partial charge in [-0.15, -0.1) is 11.8 Å². The van der Waals surface area contributed by atoms with E-state index in [-0.39, 0.29) is 0 Å². The molecule has 0 rings (SSSR count). The number of hydrogen-bond acceptors (Lipinski definition) is 4. The highest BCUT2D eigenvalue weighted by Gasteiger charge is 2.16. The van der Waals surface area contributed by atoms with Crippen LogP contribution in [0.4, 0.5) is 0 Å². The van der Waals surface area contributed by atoms with Crippen LogP contribution in [0.2, 0.25) is 0 Å². The van der Waals surface area contributed by atoms with E-state index in [0.717, 1.165) is 11.8 Å². The number of carbonyl (C=O) groups excluding carboxylic acids is 1. The zero-order valence-electron chi connectivity index (χ0n) is 5.90. The number of amides is 1. The molecule has 0 aliphatic heterocycles. The number of thioether (sulfide) groups is 1. The molecule has 11 heavy (non-hydrogen) atoms. The molecule has 0 fully saturated rings. The van der Waals surface area contributed by atoms with Gasteiger partial charge in [0, 0.05) is 0 Å². The number of aliphatic hydroxyl groups is 1. The topological polar surface area (TPSA) is 86.6 Å². The van der Waals surface area contributed by atoms with Gasteiger partial charge in [-0.05, 0) is 6.26 Å². The Kier molecular flexibility index (Phi) is 4.64. The summed E-state index contributed by atoms with van der Waals surface area (Å²) in [5.41, 5.74) is 0. The second kappa shape index (κ2) is 4.97. The highest BCUT2D eigenvalue weighted by molar-refractivity contribution is 7.99. The van der Waals surface area contributed by atoms with Crippen LogP contribution >= 0.6 is 11.8 Å². The Morgan fingerprint density at radius 3 is 2.45 bits per heavy atom. The predicted octanol–water partition coefficient (Wildman–Crippen LogP) is -1.13. The van der Waals surface area contributed by atoms with Gasteiger partial charge in [-0.2, -0.15) is 0 Å². The number of carboxylic acids is 1. The van der Waals surface area contributed by atoms with Gasteiger partial charge in [0.2, 0.25) is 5.91 Å². The average Bonchev–Trinajstić information content (AvgIpc) is 1.99. The summed E-state index contributed by atoms with van der Waals surface area (Å²) in [7, 11) is 0. The minimum Gasteiger partial charge on any atom is -0.479 e. The standard InChI is InChI=1S/C5H9NO4S/c1-11-4(5(9)10)6-3(8)2-7/h4,7H,2H2,1H3,(H,6,8)(H,9,10). The van der Waals surface area contributed by atoms with E-state index in [1.807, 2.05) is 0 Å². The zero-order chi connectivity index (χ0) is 8.85. The Labute approximate surface area is 67.8 Å². The zero-order valence-corrected chi connectivity index (χ0v) is 6.72. The van der Waals surface area contributed by atoms with Crippen molar-refractivity contribution in [2.24, 2.45) is 0 Å². The number of rotatable bonds is 4. The van der Waals surface area contributed by atoms with Crippen LogP contribution in [0.15, 0.2) is 0 Å². The Balaban J connectivity index is 3.88. The van der Waals surface area contributed by atoms with E-state index in [1.165, 1.54) is 0 Å². The predicted molar refractivity (Wildman–Crippen MR) is 40.2 cm³/mol. The third-order valence-corrected chi connectivity index (χ3v) is 1.69. The van der Waals surface area contributed by atoms with Gasteiger partial charge < -0.3 is 15.5 Å². The lowest BCUT2D eigenvalue weighted by molar-refractivity contribution is -0.139. The van der Waals surface area contributed by atoms with Crippen LogP contribution in [0.25, 0.3) is 0 Å². The molecule has 1 amide bonds. The summed E-state index contributed by atoms with van der Waals surface area (Å²) in [5, 5.41) is 17.8. The number of hydrogen-bond donors (Lipinski definition) is 3. The lowest BCUT2D eigenvalue weighted by atomic mass is 10.6. The molecule has 0 aromatic rings. The molecular formula is C5H9NO4S. The van der Waals surface area contributed by atoms with E-state index in [1.54, 1.807) is 6.26 Å². The van der Waals surface area contributed by atoms with E-state index >= 15 is 0 Å². The maximum atomic E-state index is 10.4. The van der Waals surface area contributed by atoms with Crippen LogP contribution in [-0.4, -0.2) is 40.3 Å². The van der Waals surface area contributed by atoms with Crippen LogP contribution in [0.5, 0.6) is 0 Å². The van der Waals surface area contributed by atoms with E-state index in [9.17, 15) is 9.59 Å². The molecule has 0 aromatic carbocycles. The van der Waals surface area contributed by atoms with E-state index in [2.05, 4.69) is 5.32 Å². The molecule has 0 spiro atoms. The molecule has 0 radical (unpaired) electrons. The van der Waals surface area contributed by atoms with Gasteiger partial charge in [0.25, 0.3) is 0 Å². The molecule has 6 heteroatoms.